The average molecular weight is 429 g/mol. The van der Waals surface area contributed by atoms with Gasteiger partial charge in [0.05, 0.1) is 0 Å². The second-order valence-corrected chi connectivity index (χ2v) is 7.80. The van der Waals surface area contributed by atoms with Gasteiger partial charge in [-0.25, -0.2) is 0 Å². The Balaban J connectivity index is 1.56. The van der Waals surface area contributed by atoms with Crippen molar-refractivity contribution in [3.05, 3.63) is 107 Å². The van der Waals surface area contributed by atoms with E-state index in [1.165, 1.54) is 11.1 Å². The largest absolute Gasteiger partial charge is 0.457 e. The predicted octanol–water partition coefficient (Wildman–Crippen LogP) is 6.97. The van der Waals surface area contributed by atoms with Crippen LogP contribution in [0.5, 0.6) is 11.5 Å². The number of aliphatic hydroxyl groups is 1. The van der Waals surface area contributed by atoms with Gasteiger partial charge in [0.1, 0.15) is 17.6 Å². The number of fused-ring (bicyclic) bond motifs is 2. The molecule has 1 unspecified atom stereocenters. The molecule has 1 atom stereocenters. The third kappa shape index (κ3) is 3.03. The van der Waals surface area contributed by atoms with Crippen LogP contribution in [-0.2, 0) is 0 Å². The van der Waals surface area contributed by atoms with Gasteiger partial charge in [-0.1, -0.05) is 70.5 Å². The van der Waals surface area contributed by atoms with Gasteiger partial charge in [0, 0.05) is 15.6 Å². The van der Waals surface area contributed by atoms with Gasteiger partial charge in [0.15, 0.2) is 0 Å². The molecule has 5 rings (SSSR count). The molecule has 0 aromatic heterocycles. The lowest BCUT2D eigenvalue weighted by atomic mass is 9.93. The fraction of sp³-hybridized carbons (Fsp3) is 0.0400. The van der Waals surface area contributed by atoms with Crippen LogP contribution in [0.1, 0.15) is 17.2 Å². The Hall–Kier alpha value is -2.88. The number of ether oxygens (including phenoxy) is 1. The minimum Gasteiger partial charge on any atom is -0.457 e. The molecule has 0 aliphatic carbocycles. The van der Waals surface area contributed by atoms with Crippen LogP contribution in [0, 0.1) is 0 Å². The fourth-order valence-electron chi connectivity index (χ4n) is 3.66. The highest BCUT2D eigenvalue weighted by Gasteiger charge is 2.26. The molecule has 1 aliphatic heterocycles. The molecule has 0 radical (unpaired) electrons. The van der Waals surface area contributed by atoms with Gasteiger partial charge in [0.2, 0.25) is 0 Å². The van der Waals surface area contributed by atoms with Crippen LogP contribution in [0.2, 0.25) is 0 Å². The average Bonchev–Trinajstić information content (AvgIpc) is 2.75. The van der Waals surface area contributed by atoms with Crippen LogP contribution in [0.4, 0.5) is 0 Å². The zero-order chi connectivity index (χ0) is 19.1. The van der Waals surface area contributed by atoms with E-state index in [1.54, 1.807) is 0 Å². The SMILES string of the molecule is OC1c2cc(Br)ccc2Oc2ccc(-c3cccc(-c4ccccc4)c3)cc21. The van der Waals surface area contributed by atoms with Gasteiger partial charge >= 0.3 is 0 Å². The summed E-state index contributed by atoms with van der Waals surface area (Å²) in [5.74, 6) is 1.40. The van der Waals surface area contributed by atoms with E-state index >= 15 is 0 Å². The van der Waals surface area contributed by atoms with Gasteiger partial charge < -0.3 is 9.84 Å². The first-order chi connectivity index (χ1) is 13.7. The highest BCUT2D eigenvalue weighted by Crippen LogP contribution is 2.45. The van der Waals surface area contributed by atoms with Crippen LogP contribution < -0.4 is 4.74 Å². The van der Waals surface area contributed by atoms with Gasteiger partial charge in [0.25, 0.3) is 0 Å². The lowest BCUT2D eigenvalue weighted by Crippen LogP contribution is -2.09. The molecule has 28 heavy (non-hydrogen) atoms. The van der Waals surface area contributed by atoms with Crippen LogP contribution in [0.25, 0.3) is 22.3 Å². The van der Waals surface area contributed by atoms with Crippen molar-refractivity contribution in [2.75, 3.05) is 0 Å². The highest BCUT2D eigenvalue weighted by molar-refractivity contribution is 9.10. The number of hydrogen-bond acceptors (Lipinski definition) is 2. The molecule has 1 aliphatic rings. The van der Waals surface area contributed by atoms with E-state index in [0.29, 0.717) is 11.5 Å². The number of rotatable bonds is 2. The van der Waals surface area contributed by atoms with E-state index in [2.05, 4.69) is 52.3 Å². The standard InChI is InChI=1S/C25H17BrO2/c26-20-10-12-24-22(15-20)25(27)21-14-19(9-11-23(21)28-24)18-8-4-7-17(13-18)16-5-2-1-3-6-16/h1-15,25,27H. The van der Waals surface area contributed by atoms with Crippen molar-refractivity contribution in [3.63, 3.8) is 0 Å². The molecular weight excluding hydrogens is 412 g/mol. The number of hydrogen-bond donors (Lipinski definition) is 1. The maximum atomic E-state index is 10.9. The van der Waals surface area contributed by atoms with E-state index in [1.807, 2.05) is 54.6 Å². The molecule has 3 heteroatoms. The van der Waals surface area contributed by atoms with Crippen molar-refractivity contribution >= 4 is 15.9 Å². The Bertz CT molecular complexity index is 1170. The van der Waals surface area contributed by atoms with E-state index in [-0.39, 0.29) is 0 Å². The van der Waals surface area contributed by atoms with Crippen molar-refractivity contribution in [3.8, 4) is 33.8 Å². The highest BCUT2D eigenvalue weighted by atomic mass is 79.9. The number of benzene rings is 4. The van der Waals surface area contributed by atoms with Gasteiger partial charge in [-0.2, -0.15) is 0 Å². The quantitative estimate of drug-likeness (QED) is 0.373. The Morgan fingerprint density at radius 2 is 1.21 bits per heavy atom. The Morgan fingerprint density at radius 1 is 0.607 bits per heavy atom. The minimum absolute atomic E-state index is 0.696. The summed E-state index contributed by atoms with van der Waals surface area (Å²) in [7, 11) is 0. The summed E-state index contributed by atoms with van der Waals surface area (Å²) in [5.41, 5.74) is 6.07. The molecule has 0 spiro atoms. The zero-order valence-corrected chi connectivity index (χ0v) is 16.6. The molecule has 1 N–H and O–H groups in total. The smallest absolute Gasteiger partial charge is 0.133 e. The second kappa shape index (κ2) is 6.93. The first-order valence-electron chi connectivity index (χ1n) is 9.14. The van der Waals surface area contributed by atoms with E-state index in [4.69, 9.17) is 4.74 Å². The van der Waals surface area contributed by atoms with Crippen LogP contribution in [0.15, 0.2) is 95.5 Å². The molecule has 0 saturated heterocycles. The van der Waals surface area contributed by atoms with Crippen molar-refractivity contribution in [1.82, 2.24) is 0 Å². The van der Waals surface area contributed by atoms with Gasteiger partial charge in [-0.05, 0) is 58.7 Å². The van der Waals surface area contributed by atoms with E-state index in [9.17, 15) is 5.11 Å². The van der Waals surface area contributed by atoms with Crippen LogP contribution >= 0.6 is 15.9 Å². The fourth-order valence-corrected chi connectivity index (χ4v) is 4.03. The first-order valence-corrected chi connectivity index (χ1v) is 9.93. The molecule has 1 heterocycles. The Morgan fingerprint density at radius 3 is 2.00 bits per heavy atom. The first kappa shape index (κ1) is 17.2. The summed E-state index contributed by atoms with van der Waals surface area (Å²) in [5, 5.41) is 10.9. The van der Waals surface area contributed by atoms with Crippen molar-refractivity contribution in [1.29, 1.82) is 0 Å². The summed E-state index contributed by atoms with van der Waals surface area (Å²) < 4.78 is 6.93. The van der Waals surface area contributed by atoms with Crippen molar-refractivity contribution in [2.24, 2.45) is 0 Å². The zero-order valence-electron chi connectivity index (χ0n) is 15.0. The Kier molecular flexibility index (Phi) is 4.27. The molecule has 0 amide bonds. The lowest BCUT2D eigenvalue weighted by molar-refractivity contribution is 0.203. The van der Waals surface area contributed by atoms with Gasteiger partial charge in [-0.3, -0.25) is 0 Å². The van der Waals surface area contributed by atoms with Crippen LogP contribution in [0.3, 0.4) is 0 Å². The third-order valence-corrected chi connectivity index (χ3v) is 5.59. The second-order valence-electron chi connectivity index (χ2n) is 6.89. The molecule has 0 saturated carbocycles. The maximum absolute atomic E-state index is 10.9. The molecule has 0 fully saturated rings. The predicted molar refractivity (Wildman–Crippen MR) is 116 cm³/mol. The molecular formula is C25H17BrO2. The lowest BCUT2D eigenvalue weighted by Gasteiger charge is -2.25. The third-order valence-electron chi connectivity index (χ3n) is 5.09. The summed E-state index contributed by atoms with van der Waals surface area (Å²) >= 11 is 3.47. The monoisotopic (exact) mass is 428 g/mol. The van der Waals surface area contributed by atoms with Crippen LogP contribution in [-0.4, -0.2) is 5.11 Å². The number of halogens is 1. The molecule has 2 nitrogen and oxygen atoms in total. The molecule has 4 aromatic rings. The summed E-state index contributed by atoms with van der Waals surface area (Å²) in [6, 6.07) is 30.5. The number of aliphatic hydroxyl groups excluding tert-OH is 1. The molecule has 136 valence electrons. The summed E-state index contributed by atoms with van der Waals surface area (Å²) in [6.45, 7) is 0. The summed E-state index contributed by atoms with van der Waals surface area (Å²) in [4.78, 5) is 0. The van der Waals surface area contributed by atoms with Crippen molar-refractivity contribution < 1.29 is 9.84 Å². The van der Waals surface area contributed by atoms with E-state index in [0.717, 1.165) is 26.7 Å². The van der Waals surface area contributed by atoms with Gasteiger partial charge in [-0.15, -0.1) is 0 Å². The Labute approximate surface area is 172 Å². The minimum atomic E-state index is -0.714. The summed E-state index contributed by atoms with van der Waals surface area (Å²) in [6.07, 6.45) is -0.714. The maximum Gasteiger partial charge on any atom is 0.133 e. The van der Waals surface area contributed by atoms with E-state index < -0.39 is 6.10 Å². The topological polar surface area (TPSA) is 29.5 Å². The molecule has 0 bridgehead atoms. The van der Waals surface area contributed by atoms with Crippen molar-refractivity contribution in [2.45, 2.75) is 6.10 Å². The molecule has 4 aromatic carbocycles. The normalized spacial score (nSPS) is 14.7.